The van der Waals surface area contributed by atoms with Gasteiger partial charge in [0.2, 0.25) is 0 Å². The van der Waals surface area contributed by atoms with Gasteiger partial charge in [-0.15, -0.1) is 0 Å². The summed E-state index contributed by atoms with van der Waals surface area (Å²) in [5.41, 5.74) is 0.515. The first kappa shape index (κ1) is 18.5. The van der Waals surface area contributed by atoms with Crippen LogP contribution in [-0.4, -0.2) is 17.9 Å². The maximum Gasteiger partial charge on any atom is 0.305 e. The summed E-state index contributed by atoms with van der Waals surface area (Å²) in [5, 5.41) is 0. The van der Waals surface area contributed by atoms with E-state index in [1.165, 1.54) is 32.1 Å². The van der Waals surface area contributed by atoms with Crippen molar-refractivity contribution in [1.82, 2.24) is 0 Å². The molecule has 3 nitrogen and oxygen atoms in total. The molecule has 0 N–H and O–H groups in total. The lowest BCUT2D eigenvalue weighted by Crippen LogP contribution is -2.55. The van der Waals surface area contributed by atoms with Crippen LogP contribution in [0.4, 0.5) is 0 Å². The van der Waals surface area contributed by atoms with E-state index in [0.717, 1.165) is 31.1 Å². The highest BCUT2D eigenvalue weighted by Gasteiger charge is 2.61. The molecule has 4 saturated carbocycles. The second kappa shape index (κ2) is 6.34. The first-order valence-corrected chi connectivity index (χ1v) is 11.0. The van der Waals surface area contributed by atoms with Gasteiger partial charge in [-0.2, -0.15) is 0 Å². The Balaban J connectivity index is 1.57. The summed E-state index contributed by atoms with van der Waals surface area (Å²) in [6.07, 6.45) is 9.72. The number of hydrogen-bond donors (Lipinski definition) is 0. The maximum atomic E-state index is 12.3. The zero-order valence-corrected chi connectivity index (χ0v) is 17.1. The Morgan fingerprint density at radius 2 is 1.81 bits per heavy atom. The van der Waals surface area contributed by atoms with E-state index >= 15 is 0 Å². The summed E-state index contributed by atoms with van der Waals surface area (Å²) < 4.78 is 5.89. The van der Waals surface area contributed by atoms with E-state index in [1.807, 2.05) is 6.92 Å². The molecule has 0 aromatic carbocycles. The van der Waals surface area contributed by atoms with Crippen molar-refractivity contribution in [3.05, 3.63) is 0 Å². The Bertz CT molecular complexity index is 598. The predicted octanol–water partition coefficient (Wildman–Crippen LogP) is 5.17. The average Bonchev–Trinajstić information content (AvgIpc) is 2.93. The van der Waals surface area contributed by atoms with Crippen molar-refractivity contribution in [2.75, 3.05) is 0 Å². The standard InChI is InChI=1S/C23H36O3/c1-5-21(25)26-20-9-8-17-16-7-6-15-12-19(24)14(2)13-23(15,4)18(16)10-11-22(17,20)3/h14-18,20H,5-13H2,1-4H3/t14?,15?,16-,17-,18-,20-,22-,23-/m0/s1. The monoisotopic (exact) mass is 360 g/mol. The summed E-state index contributed by atoms with van der Waals surface area (Å²) in [5.74, 6) is 3.53. The fourth-order valence-corrected chi connectivity index (χ4v) is 7.79. The molecule has 4 rings (SSSR count). The van der Waals surface area contributed by atoms with Crippen molar-refractivity contribution in [3.8, 4) is 0 Å². The quantitative estimate of drug-likeness (QED) is 0.638. The van der Waals surface area contributed by atoms with Gasteiger partial charge >= 0.3 is 5.97 Å². The van der Waals surface area contributed by atoms with Gasteiger partial charge in [-0.05, 0) is 74.0 Å². The number of rotatable bonds is 2. The first-order valence-electron chi connectivity index (χ1n) is 11.0. The lowest BCUT2D eigenvalue weighted by Gasteiger charge is -2.60. The van der Waals surface area contributed by atoms with E-state index in [2.05, 4.69) is 20.8 Å². The van der Waals surface area contributed by atoms with Gasteiger partial charge in [0, 0.05) is 24.2 Å². The van der Waals surface area contributed by atoms with E-state index in [4.69, 9.17) is 4.74 Å². The van der Waals surface area contributed by atoms with Gasteiger partial charge in [0.05, 0.1) is 0 Å². The molecule has 0 aromatic rings. The maximum absolute atomic E-state index is 12.3. The number of esters is 1. The second-order valence-electron chi connectivity index (χ2n) is 10.4. The van der Waals surface area contributed by atoms with E-state index in [0.29, 0.717) is 29.5 Å². The normalized spacial score (nSPS) is 50.5. The lowest BCUT2D eigenvalue weighted by molar-refractivity contribution is -0.165. The van der Waals surface area contributed by atoms with Crippen LogP contribution in [-0.2, 0) is 14.3 Å². The molecule has 0 aliphatic heterocycles. The highest BCUT2D eigenvalue weighted by molar-refractivity contribution is 5.82. The van der Waals surface area contributed by atoms with Crippen LogP contribution >= 0.6 is 0 Å². The van der Waals surface area contributed by atoms with Crippen LogP contribution in [0.25, 0.3) is 0 Å². The van der Waals surface area contributed by atoms with Crippen LogP contribution in [0.1, 0.15) is 85.5 Å². The Hall–Kier alpha value is -0.860. The molecule has 3 heteroatoms. The largest absolute Gasteiger partial charge is 0.462 e. The van der Waals surface area contributed by atoms with Crippen molar-refractivity contribution in [2.24, 2.45) is 40.4 Å². The van der Waals surface area contributed by atoms with Gasteiger partial charge in [-0.25, -0.2) is 0 Å². The second-order valence-corrected chi connectivity index (χ2v) is 10.4. The highest BCUT2D eigenvalue weighted by atomic mass is 16.5. The van der Waals surface area contributed by atoms with Crippen LogP contribution < -0.4 is 0 Å². The average molecular weight is 361 g/mol. The topological polar surface area (TPSA) is 43.4 Å². The third kappa shape index (κ3) is 2.59. The van der Waals surface area contributed by atoms with E-state index in [-0.39, 0.29) is 23.4 Å². The summed E-state index contributed by atoms with van der Waals surface area (Å²) in [6, 6.07) is 0. The highest BCUT2D eigenvalue weighted by Crippen LogP contribution is 2.66. The van der Waals surface area contributed by atoms with Gasteiger partial charge in [0.15, 0.2) is 0 Å². The van der Waals surface area contributed by atoms with Crippen LogP contribution in [0.2, 0.25) is 0 Å². The fraction of sp³-hybridized carbons (Fsp3) is 0.913. The Kier molecular flexibility index (Phi) is 4.51. The third-order valence-electron chi connectivity index (χ3n) is 9.28. The number of ketones is 1. The minimum absolute atomic E-state index is 0.0331. The SMILES string of the molecule is CCC(=O)O[C@H]1CC[C@H]2[C@@H]3CCC4CC(=O)C(C)C[C@]4(C)[C@H]3CC[C@]12C. The van der Waals surface area contributed by atoms with Crippen molar-refractivity contribution in [1.29, 1.82) is 0 Å². The molecule has 146 valence electrons. The fourth-order valence-electron chi connectivity index (χ4n) is 7.79. The molecule has 8 atom stereocenters. The van der Waals surface area contributed by atoms with Crippen molar-refractivity contribution < 1.29 is 14.3 Å². The van der Waals surface area contributed by atoms with Crippen molar-refractivity contribution in [3.63, 3.8) is 0 Å². The first-order chi connectivity index (χ1) is 12.3. The van der Waals surface area contributed by atoms with Gasteiger partial charge in [0.1, 0.15) is 11.9 Å². The Morgan fingerprint density at radius 3 is 2.54 bits per heavy atom. The molecular formula is C23H36O3. The molecule has 0 saturated heterocycles. The Morgan fingerprint density at radius 1 is 1.08 bits per heavy atom. The zero-order chi connectivity index (χ0) is 18.7. The molecule has 0 spiro atoms. The van der Waals surface area contributed by atoms with Gasteiger partial charge in [0.25, 0.3) is 0 Å². The summed E-state index contributed by atoms with van der Waals surface area (Å²) in [6.45, 7) is 8.94. The number of fused-ring (bicyclic) bond motifs is 5. The molecule has 0 amide bonds. The summed E-state index contributed by atoms with van der Waals surface area (Å²) in [4.78, 5) is 24.2. The van der Waals surface area contributed by atoms with Crippen molar-refractivity contribution >= 4 is 11.8 Å². The number of Topliss-reactive ketones (excluding diaryl/α,β-unsaturated/α-hetero) is 1. The van der Waals surface area contributed by atoms with Crippen LogP contribution in [0.3, 0.4) is 0 Å². The molecule has 4 aliphatic rings. The minimum atomic E-state index is -0.0331. The molecule has 0 heterocycles. The van der Waals surface area contributed by atoms with Crippen LogP contribution in [0.5, 0.6) is 0 Å². The van der Waals surface area contributed by atoms with Gasteiger partial charge in [-0.3, -0.25) is 9.59 Å². The smallest absolute Gasteiger partial charge is 0.305 e. The summed E-state index contributed by atoms with van der Waals surface area (Å²) >= 11 is 0. The minimum Gasteiger partial charge on any atom is -0.462 e. The molecule has 4 aliphatic carbocycles. The number of carbonyl (C=O) groups is 2. The van der Waals surface area contributed by atoms with Gasteiger partial charge < -0.3 is 4.74 Å². The van der Waals surface area contributed by atoms with E-state index < -0.39 is 0 Å². The van der Waals surface area contributed by atoms with Crippen LogP contribution in [0, 0.1) is 40.4 Å². The molecule has 2 unspecified atom stereocenters. The molecule has 26 heavy (non-hydrogen) atoms. The van der Waals surface area contributed by atoms with Gasteiger partial charge in [-0.1, -0.05) is 27.7 Å². The third-order valence-corrected chi connectivity index (χ3v) is 9.28. The Labute approximate surface area is 158 Å². The molecule has 0 bridgehead atoms. The zero-order valence-electron chi connectivity index (χ0n) is 17.1. The molecule has 0 radical (unpaired) electrons. The molecule has 0 aromatic heterocycles. The van der Waals surface area contributed by atoms with Crippen molar-refractivity contribution in [2.45, 2.75) is 91.6 Å². The number of hydrogen-bond acceptors (Lipinski definition) is 3. The molecular weight excluding hydrogens is 324 g/mol. The number of ether oxygens (including phenoxy) is 1. The molecule has 4 fully saturated rings. The predicted molar refractivity (Wildman–Crippen MR) is 101 cm³/mol. The van der Waals surface area contributed by atoms with Crippen LogP contribution in [0.15, 0.2) is 0 Å². The van der Waals surface area contributed by atoms with E-state index in [1.54, 1.807) is 0 Å². The number of carbonyl (C=O) groups excluding carboxylic acids is 2. The van der Waals surface area contributed by atoms with E-state index in [9.17, 15) is 9.59 Å². The summed E-state index contributed by atoms with van der Waals surface area (Å²) in [7, 11) is 0. The lowest BCUT2D eigenvalue weighted by atomic mass is 9.44.